The van der Waals surface area contributed by atoms with E-state index in [-0.39, 0.29) is 6.10 Å². The summed E-state index contributed by atoms with van der Waals surface area (Å²) in [5.74, 6) is -0.675. The second-order valence-electron chi connectivity index (χ2n) is 6.65. The van der Waals surface area contributed by atoms with Crippen LogP contribution >= 0.6 is 11.8 Å². The van der Waals surface area contributed by atoms with Crippen LogP contribution in [0.25, 0.3) is 0 Å². The Hall–Kier alpha value is -0.220. The van der Waals surface area contributed by atoms with E-state index in [1.54, 1.807) is 0 Å². The number of carboxylic acid groups (broad SMARTS) is 1. The molecule has 0 aromatic carbocycles. The lowest BCUT2D eigenvalue weighted by Crippen LogP contribution is -2.11. The molecule has 0 saturated carbocycles. The maximum Gasteiger partial charge on any atom is 0.303 e. The van der Waals surface area contributed by atoms with Crippen molar-refractivity contribution in [1.82, 2.24) is 0 Å². The van der Waals surface area contributed by atoms with Crippen LogP contribution in [0.4, 0.5) is 0 Å². The number of aliphatic carboxylic acids is 1. The van der Waals surface area contributed by atoms with E-state index in [9.17, 15) is 9.90 Å². The van der Waals surface area contributed by atoms with E-state index in [4.69, 9.17) is 5.11 Å². The zero-order chi connectivity index (χ0) is 16.2. The number of carboxylic acids is 1. The standard InChI is InChI=1S/C18H34O3S/c1-2-3-4-8-11-15(19)14-17-16(22-17)12-9-6-5-7-10-13-18(20)21/h15-17,19H,2-14H2,1H3,(H,20,21)/t15-,16?,17?/m1/s1. The molecule has 1 heterocycles. The average Bonchev–Trinajstić information content (AvgIpc) is 3.20. The summed E-state index contributed by atoms with van der Waals surface area (Å²) in [6.07, 6.45) is 14.0. The fraction of sp³-hybridized carbons (Fsp3) is 0.944. The highest BCUT2D eigenvalue weighted by atomic mass is 32.2. The molecule has 1 saturated heterocycles. The maximum atomic E-state index is 10.4. The molecule has 0 aliphatic carbocycles. The van der Waals surface area contributed by atoms with Crippen LogP contribution < -0.4 is 0 Å². The Kier molecular flexibility index (Phi) is 11.0. The summed E-state index contributed by atoms with van der Waals surface area (Å²) in [7, 11) is 0. The van der Waals surface area contributed by atoms with Gasteiger partial charge in [-0.2, -0.15) is 11.8 Å². The maximum absolute atomic E-state index is 10.4. The van der Waals surface area contributed by atoms with Crippen molar-refractivity contribution in [3.8, 4) is 0 Å². The molecule has 0 spiro atoms. The van der Waals surface area contributed by atoms with Gasteiger partial charge in [0.1, 0.15) is 0 Å². The quantitative estimate of drug-likeness (QED) is 0.327. The number of rotatable bonds is 15. The Morgan fingerprint density at radius 1 is 1.00 bits per heavy atom. The van der Waals surface area contributed by atoms with Crippen molar-refractivity contribution in [2.45, 2.75) is 107 Å². The van der Waals surface area contributed by atoms with Crippen molar-refractivity contribution in [2.75, 3.05) is 0 Å². The first-order chi connectivity index (χ1) is 10.6. The first kappa shape index (κ1) is 19.8. The molecule has 1 aliphatic heterocycles. The third-order valence-corrected chi connectivity index (χ3v) is 5.93. The zero-order valence-electron chi connectivity index (χ0n) is 14.1. The van der Waals surface area contributed by atoms with Gasteiger partial charge in [-0.1, -0.05) is 58.3 Å². The van der Waals surface area contributed by atoms with Crippen LogP contribution in [-0.2, 0) is 4.79 Å². The van der Waals surface area contributed by atoms with Crippen molar-refractivity contribution >= 4 is 17.7 Å². The first-order valence-corrected chi connectivity index (χ1v) is 10.1. The Morgan fingerprint density at radius 2 is 1.68 bits per heavy atom. The van der Waals surface area contributed by atoms with E-state index >= 15 is 0 Å². The predicted octanol–water partition coefficient (Wildman–Crippen LogP) is 5.01. The molecule has 1 fully saturated rings. The first-order valence-electron chi connectivity index (χ1n) is 9.18. The smallest absolute Gasteiger partial charge is 0.303 e. The van der Waals surface area contributed by atoms with Gasteiger partial charge in [-0.25, -0.2) is 0 Å². The summed E-state index contributed by atoms with van der Waals surface area (Å²) in [6.45, 7) is 2.22. The topological polar surface area (TPSA) is 57.5 Å². The lowest BCUT2D eigenvalue weighted by atomic mass is 10.0. The van der Waals surface area contributed by atoms with Gasteiger partial charge in [0.15, 0.2) is 0 Å². The summed E-state index contributed by atoms with van der Waals surface area (Å²) in [6, 6.07) is 0. The van der Waals surface area contributed by atoms with Crippen LogP contribution in [0.1, 0.15) is 90.4 Å². The Labute approximate surface area is 140 Å². The summed E-state index contributed by atoms with van der Waals surface area (Å²) in [4.78, 5) is 10.4. The molecule has 1 rings (SSSR count). The van der Waals surface area contributed by atoms with Gasteiger partial charge in [-0.3, -0.25) is 4.79 Å². The van der Waals surface area contributed by atoms with E-state index < -0.39 is 5.97 Å². The van der Waals surface area contributed by atoms with Gasteiger partial charge < -0.3 is 10.2 Å². The fourth-order valence-corrected chi connectivity index (χ4v) is 4.23. The lowest BCUT2D eigenvalue weighted by Gasteiger charge is -2.09. The van der Waals surface area contributed by atoms with Gasteiger partial charge in [0, 0.05) is 16.9 Å². The second-order valence-corrected chi connectivity index (χ2v) is 8.14. The number of unbranched alkanes of at least 4 members (excludes halogenated alkanes) is 7. The second kappa shape index (κ2) is 12.2. The molecule has 0 aromatic rings. The molecule has 3 nitrogen and oxygen atoms in total. The monoisotopic (exact) mass is 330 g/mol. The minimum absolute atomic E-state index is 0.0876. The number of aliphatic hydroxyl groups is 1. The van der Waals surface area contributed by atoms with Crippen molar-refractivity contribution < 1.29 is 15.0 Å². The average molecular weight is 331 g/mol. The van der Waals surface area contributed by atoms with Crippen LogP contribution in [0.5, 0.6) is 0 Å². The van der Waals surface area contributed by atoms with E-state index in [1.165, 1.54) is 44.9 Å². The third kappa shape index (κ3) is 10.5. The SMILES string of the molecule is CCCCCC[C@@H](O)CC1SC1CCCCCCCC(=O)O. The molecule has 1 aliphatic rings. The van der Waals surface area contributed by atoms with E-state index in [0.717, 1.165) is 37.4 Å². The molecule has 0 bridgehead atoms. The Balaban J connectivity index is 1.86. The highest BCUT2D eigenvalue weighted by Gasteiger charge is 2.38. The summed E-state index contributed by atoms with van der Waals surface area (Å²) >= 11 is 2.04. The number of thioether (sulfide) groups is 1. The van der Waals surface area contributed by atoms with Crippen molar-refractivity contribution in [3.63, 3.8) is 0 Å². The molecule has 130 valence electrons. The fourth-order valence-electron chi connectivity index (χ4n) is 2.99. The zero-order valence-corrected chi connectivity index (χ0v) is 15.0. The van der Waals surface area contributed by atoms with Crippen molar-refractivity contribution in [1.29, 1.82) is 0 Å². The van der Waals surface area contributed by atoms with Gasteiger partial charge >= 0.3 is 5.97 Å². The molecule has 22 heavy (non-hydrogen) atoms. The lowest BCUT2D eigenvalue weighted by molar-refractivity contribution is -0.137. The summed E-state index contributed by atoms with van der Waals surface area (Å²) in [5, 5.41) is 20.1. The molecular formula is C18H34O3S. The van der Waals surface area contributed by atoms with Crippen LogP contribution in [-0.4, -0.2) is 32.8 Å². The van der Waals surface area contributed by atoms with Gasteiger partial charge in [0.25, 0.3) is 0 Å². The Morgan fingerprint density at radius 3 is 2.41 bits per heavy atom. The third-order valence-electron chi connectivity index (χ3n) is 4.46. The molecular weight excluding hydrogens is 296 g/mol. The van der Waals surface area contributed by atoms with Crippen LogP contribution in [0.2, 0.25) is 0 Å². The minimum atomic E-state index is -0.675. The normalized spacial score (nSPS) is 21.7. The Bertz CT molecular complexity index is 296. The van der Waals surface area contributed by atoms with Gasteiger partial charge in [-0.05, 0) is 25.7 Å². The molecule has 3 atom stereocenters. The van der Waals surface area contributed by atoms with Crippen molar-refractivity contribution in [2.24, 2.45) is 0 Å². The highest BCUT2D eigenvalue weighted by Crippen LogP contribution is 2.47. The van der Waals surface area contributed by atoms with Crippen LogP contribution in [0.15, 0.2) is 0 Å². The molecule has 2 unspecified atom stereocenters. The van der Waals surface area contributed by atoms with Gasteiger partial charge in [-0.15, -0.1) is 0 Å². The molecule has 2 N–H and O–H groups in total. The summed E-state index contributed by atoms with van der Waals surface area (Å²) < 4.78 is 0. The largest absolute Gasteiger partial charge is 0.481 e. The van der Waals surface area contributed by atoms with E-state index in [1.807, 2.05) is 11.8 Å². The predicted molar refractivity (Wildman–Crippen MR) is 94.5 cm³/mol. The van der Waals surface area contributed by atoms with E-state index in [0.29, 0.717) is 11.7 Å². The van der Waals surface area contributed by atoms with Crippen molar-refractivity contribution in [3.05, 3.63) is 0 Å². The number of carbonyl (C=O) groups is 1. The molecule has 0 amide bonds. The number of hydrogen-bond donors (Lipinski definition) is 2. The minimum Gasteiger partial charge on any atom is -0.481 e. The van der Waals surface area contributed by atoms with Gasteiger partial charge in [0.05, 0.1) is 6.10 Å². The molecule has 4 heteroatoms. The van der Waals surface area contributed by atoms with Gasteiger partial charge in [0.2, 0.25) is 0 Å². The van der Waals surface area contributed by atoms with Crippen LogP contribution in [0.3, 0.4) is 0 Å². The molecule has 0 radical (unpaired) electrons. The number of aliphatic hydroxyl groups excluding tert-OH is 1. The van der Waals surface area contributed by atoms with E-state index in [2.05, 4.69) is 6.92 Å². The highest BCUT2D eigenvalue weighted by molar-refractivity contribution is 8.07. The summed E-state index contributed by atoms with van der Waals surface area (Å²) in [5.41, 5.74) is 0. The van der Waals surface area contributed by atoms with Crippen LogP contribution in [0, 0.1) is 0 Å². The number of hydrogen-bond acceptors (Lipinski definition) is 3. The molecule has 0 aromatic heterocycles.